The molecule has 0 fully saturated rings. The normalized spacial score (nSPS) is 8.88. The van der Waals surface area contributed by atoms with Crippen LogP contribution in [0, 0.1) is 69.2 Å². The lowest BCUT2D eigenvalue weighted by Gasteiger charge is -1.98. The number of aryl methyl sites for hydroxylation is 15. The number of hydrogen-bond donors (Lipinski definition) is 0. The molecule has 0 saturated carbocycles. The van der Waals surface area contributed by atoms with Crippen molar-refractivity contribution in [3.05, 3.63) is 353 Å². The summed E-state index contributed by atoms with van der Waals surface area (Å²) in [6.45, 7) is 44.4. The highest BCUT2D eigenvalue weighted by atomic mass is 16.1. The second kappa shape index (κ2) is 61.7. The monoisotopic (exact) mass is 1360 g/mol. The molecule has 0 saturated heterocycles. The van der Waals surface area contributed by atoms with E-state index in [1.165, 1.54) is 66.9 Å². The van der Waals surface area contributed by atoms with Crippen LogP contribution in [0.4, 0.5) is 0 Å². The minimum atomic E-state index is 0. The Morgan fingerprint density at radius 1 is 0.290 bits per heavy atom. The van der Waals surface area contributed by atoms with E-state index in [9.17, 15) is 9.59 Å². The number of rotatable bonds is 8. The molecule has 8 nitrogen and oxygen atoms in total. The van der Waals surface area contributed by atoms with Crippen LogP contribution in [0.1, 0.15) is 179 Å². The summed E-state index contributed by atoms with van der Waals surface area (Å²) in [5.41, 5.74) is 17.1. The Hall–Kier alpha value is -9.66. The average molecular weight is 1360 g/mol. The molecule has 0 spiro atoms. The number of Topliss-reactive ketones (excluding diaryl/α,β-unsaturated/α-hetero) is 2. The molecule has 100 heavy (non-hydrogen) atoms. The first-order valence-corrected chi connectivity index (χ1v) is 35.1. The van der Waals surface area contributed by atoms with Gasteiger partial charge in [-0.05, 0) is 111 Å². The highest BCUT2D eigenvalue weighted by Crippen LogP contribution is 2.07. The zero-order valence-electron chi connectivity index (χ0n) is 64.9. The number of nitrogens with zero attached hydrogens (tertiary/aromatic N) is 6. The fraction of sp³-hybridized carbons (Fsp3) is 0.326. The summed E-state index contributed by atoms with van der Waals surface area (Å²) in [5.74, 6) is 0.348. The van der Waals surface area contributed by atoms with E-state index in [1.54, 1.807) is 0 Å². The maximum atomic E-state index is 11.9. The van der Waals surface area contributed by atoms with Crippen molar-refractivity contribution in [2.75, 3.05) is 0 Å². The molecule has 0 bridgehead atoms. The molecule has 8 heteroatoms. The molecule has 538 valence electrons. The standard InChI is InChI=1S/C14H14NO.C12H12N.C10H12O.C9H12.C8H12N.C8H10.3C7H10N.4C2H6.2CH4/c1-12-5-7-13(8-6-12)14(16)11-15-9-3-2-4-10-15;1-11-5-7-12(8-6-11)13-9-3-2-4-10-13;1-3-10(11)9-6-4-8(2)5-7-9;1-3-9-6-4-8(2)5-7-9;1-3-9-6-4-5-8(2)7-9;3*1-7-3-5-8(2)6-4-7;1-7-4-3-5-8(2)6-7;4*1-2;;/h2-10H,11H2,1H3;2-10H,1H3;4-7H,3H2,1-2H3;2*4-7H,3H2,1-2H3;4*3-6H,1-2H3;4*1-2H3;2*1H4/q2*+1;;;+1;;3*+1;;;;;;. The van der Waals surface area contributed by atoms with Crippen LogP contribution < -0.4 is 27.4 Å². The molecule has 6 heterocycles. The summed E-state index contributed by atoms with van der Waals surface area (Å²) in [7, 11) is 6.05. The summed E-state index contributed by atoms with van der Waals surface area (Å²) < 4.78 is 12.2. The summed E-state index contributed by atoms with van der Waals surface area (Å²) in [4.78, 5) is 23.0. The van der Waals surface area contributed by atoms with Crippen LogP contribution >= 0.6 is 0 Å². The Labute approximate surface area is 611 Å². The summed E-state index contributed by atoms with van der Waals surface area (Å²) in [6.07, 6.45) is 26.1. The molecule has 0 amide bonds. The molecule has 0 aliphatic carbocycles. The van der Waals surface area contributed by atoms with Crippen molar-refractivity contribution >= 4 is 11.6 Å². The minimum Gasteiger partial charge on any atom is -0.294 e. The number of carbonyl (C=O) groups is 2. The Bertz CT molecular complexity index is 3500. The number of pyridine rings is 6. The predicted octanol–water partition coefficient (Wildman–Crippen LogP) is 21.0. The van der Waals surface area contributed by atoms with E-state index in [-0.39, 0.29) is 26.4 Å². The van der Waals surface area contributed by atoms with E-state index >= 15 is 0 Å². The van der Waals surface area contributed by atoms with Gasteiger partial charge in [-0.15, -0.1) is 0 Å². The van der Waals surface area contributed by atoms with E-state index in [0.29, 0.717) is 13.0 Å². The summed E-state index contributed by atoms with van der Waals surface area (Å²) >= 11 is 0. The Morgan fingerprint density at radius 3 is 0.910 bits per heavy atom. The molecular weight excluding hydrogens is 1220 g/mol. The SMILES string of the molecule is C.C.CC.CC.CC.CC.CCC(=O)c1ccc(C)cc1.CC[n+]1cccc(C)c1.CCc1ccc(C)cc1.Cc1cc[n+](C)cc1.Cc1cc[n+](C)cc1.Cc1ccc(-[n+]2ccccc2)cc1.Cc1ccc(C(=O)C[n+]2ccccc2)cc1.Cc1ccc(C)cc1.Cc1ccc[n+](C)c1. The Kier molecular flexibility index (Phi) is 59.6. The molecule has 0 unspecified atom stereocenters. The van der Waals surface area contributed by atoms with Crippen LogP contribution in [0.25, 0.3) is 5.69 Å². The topological polar surface area (TPSA) is 57.4 Å². The van der Waals surface area contributed by atoms with Crippen LogP contribution in [-0.4, -0.2) is 11.6 Å². The molecule has 0 radical (unpaired) electrons. The molecule has 0 N–H and O–H groups in total. The second-order valence-corrected chi connectivity index (χ2v) is 22.4. The van der Waals surface area contributed by atoms with Gasteiger partial charge in [-0.2, -0.15) is 9.13 Å². The Morgan fingerprint density at radius 2 is 0.600 bits per heavy atom. The van der Waals surface area contributed by atoms with Crippen molar-refractivity contribution < 1.29 is 37.0 Å². The van der Waals surface area contributed by atoms with Gasteiger partial charge in [-0.25, -0.2) is 18.3 Å². The highest BCUT2D eigenvalue weighted by Gasteiger charge is 2.11. The summed E-state index contributed by atoms with van der Waals surface area (Å²) in [5, 5.41) is 0. The number of aromatic nitrogens is 6. The smallest absolute Gasteiger partial charge is 0.227 e. The predicted molar refractivity (Wildman–Crippen MR) is 430 cm³/mol. The third kappa shape index (κ3) is 48.1. The van der Waals surface area contributed by atoms with Crippen molar-refractivity contribution in [3.8, 4) is 5.69 Å². The molecule has 5 aromatic carbocycles. The number of hydrogen-bond acceptors (Lipinski definition) is 2. The van der Waals surface area contributed by atoms with Crippen molar-refractivity contribution in [3.63, 3.8) is 0 Å². The molecule has 0 aliphatic heterocycles. The van der Waals surface area contributed by atoms with E-state index in [0.717, 1.165) is 24.1 Å². The fourth-order valence-electron chi connectivity index (χ4n) is 7.97. The van der Waals surface area contributed by atoms with Crippen molar-refractivity contribution in [1.82, 2.24) is 0 Å². The van der Waals surface area contributed by atoms with Crippen LogP contribution in [-0.2, 0) is 40.7 Å². The molecule has 0 aliphatic rings. The van der Waals surface area contributed by atoms with Gasteiger partial charge in [0.25, 0.3) is 0 Å². The van der Waals surface area contributed by atoms with Gasteiger partial charge in [-0.1, -0.05) is 239 Å². The zero-order valence-corrected chi connectivity index (χ0v) is 64.9. The van der Waals surface area contributed by atoms with Gasteiger partial charge in [0.2, 0.25) is 18.0 Å². The molecule has 11 aromatic rings. The Balaban J connectivity index is -0.000000515. The van der Waals surface area contributed by atoms with Crippen molar-refractivity contribution in [1.29, 1.82) is 0 Å². The molecule has 6 aromatic heterocycles. The average Bonchev–Trinajstić information content (AvgIpc) is 0.922. The first-order valence-electron chi connectivity index (χ1n) is 35.1. The lowest BCUT2D eigenvalue weighted by Crippen LogP contribution is -2.36. The van der Waals surface area contributed by atoms with E-state index in [4.69, 9.17) is 0 Å². The third-order valence-corrected chi connectivity index (χ3v) is 13.7. The van der Waals surface area contributed by atoms with Gasteiger partial charge in [0.05, 0.1) is 0 Å². The minimum absolute atomic E-state index is 0. The lowest BCUT2D eigenvalue weighted by molar-refractivity contribution is -0.693. The fourth-order valence-corrected chi connectivity index (χ4v) is 7.97. The van der Waals surface area contributed by atoms with Crippen LogP contribution in [0.2, 0.25) is 0 Å². The quantitative estimate of drug-likeness (QED) is 0.112. The number of benzene rings is 5. The second-order valence-electron chi connectivity index (χ2n) is 22.4. The highest BCUT2D eigenvalue weighted by molar-refractivity contribution is 5.96. The molecule has 0 atom stereocenters. The first-order chi connectivity index (χ1) is 47.2. The van der Waals surface area contributed by atoms with E-state index < -0.39 is 0 Å². The van der Waals surface area contributed by atoms with Gasteiger partial charge in [0.1, 0.15) is 27.7 Å². The largest absolute Gasteiger partial charge is 0.294 e. The van der Waals surface area contributed by atoms with Crippen LogP contribution in [0.5, 0.6) is 0 Å². The summed E-state index contributed by atoms with van der Waals surface area (Å²) in [6, 6.07) is 69.4. The van der Waals surface area contributed by atoms with E-state index in [1.807, 2.05) is 262 Å². The van der Waals surface area contributed by atoms with Gasteiger partial charge < -0.3 is 0 Å². The lowest BCUT2D eigenvalue weighted by atomic mass is 10.1. The maximum absolute atomic E-state index is 11.9. The van der Waals surface area contributed by atoms with Crippen molar-refractivity contribution in [2.24, 2.45) is 21.1 Å². The van der Waals surface area contributed by atoms with Gasteiger partial charge in [0, 0.05) is 101 Å². The maximum Gasteiger partial charge on any atom is 0.227 e. The van der Waals surface area contributed by atoms with Crippen molar-refractivity contribution in [2.45, 2.75) is 186 Å². The first kappa shape index (κ1) is 96.7. The van der Waals surface area contributed by atoms with Crippen LogP contribution in [0.3, 0.4) is 0 Å². The van der Waals surface area contributed by atoms with Gasteiger partial charge in [0.15, 0.2) is 80.1 Å². The van der Waals surface area contributed by atoms with Crippen LogP contribution in [0.15, 0.2) is 281 Å². The van der Waals surface area contributed by atoms with Gasteiger partial charge >= 0.3 is 0 Å². The molecular formula is C92H134N6O2+6. The molecule has 11 rings (SSSR count). The van der Waals surface area contributed by atoms with E-state index in [2.05, 4.69) is 212 Å². The zero-order chi connectivity index (χ0) is 74.1. The number of carbonyl (C=O) groups excluding carboxylic acids is 2. The third-order valence-electron chi connectivity index (χ3n) is 13.7. The number of ketones is 2. The van der Waals surface area contributed by atoms with Gasteiger partial charge in [-0.3, -0.25) is 9.59 Å².